The predicted molar refractivity (Wildman–Crippen MR) is 134 cm³/mol. The van der Waals surface area contributed by atoms with Crippen molar-refractivity contribution in [1.82, 2.24) is 10.1 Å². The number of likely N-dealkylation sites (tertiary alicyclic amines) is 1. The summed E-state index contributed by atoms with van der Waals surface area (Å²) in [5, 5.41) is 4.92. The first-order chi connectivity index (χ1) is 17.8. The average Bonchev–Trinajstić information content (AvgIpc) is 3.36. The van der Waals surface area contributed by atoms with Crippen molar-refractivity contribution in [3.05, 3.63) is 54.1 Å². The average molecular weight is 495 g/mol. The predicted octanol–water partition coefficient (Wildman–Crippen LogP) is 4.82. The minimum Gasteiger partial charge on any atom is -0.488 e. The molecular weight excluding hydrogens is 460 g/mol. The van der Waals surface area contributed by atoms with E-state index in [-0.39, 0.29) is 11.9 Å². The number of piperidine rings is 1. The van der Waals surface area contributed by atoms with Gasteiger partial charge in [0.25, 0.3) is 5.88 Å². The van der Waals surface area contributed by atoms with Crippen molar-refractivity contribution < 1.29 is 28.3 Å². The van der Waals surface area contributed by atoms with Gasteiger partial charge in [0.05, 0.1) is 12.5 Å². The molecule has 8 heteroatoms. The minimum atomic E-state index is -0.0826. The Labute approximate surface area is 211 Å². The molecular formula is C28H34N2O6. The summed E-state index contributed by atoms with van der Waals surface area (Å²) in [6, 6.07) is 15.7. The molecule has 2 aromatic carbocycles. The number of benzene rings is 2. The second-order valence-electron chi connectivity index (χ2n) is 9.57. The Morgan fingerprint density at radius 3 is 2.58 bits per heavy atom. The zero-order valence-electron chi connectivity index (χ0n) is 20.6. The lowest BCUT2D eigenvalue weighted by Gasteiger charge is -2.31. The summed E-state index contributed by atoms with van der Waals surface area (Å²) in [7, 11) is 0. The van der Waals surface area contributed by atoms with E-state index in [0.29, 0.717) is 56.3 Å². The van der Waals surface area contributed by atoms with Gasteiger partial charge in [0.1, 0.15) is 24.5 Å². The van der Waals surface area contributed by atoms with Crippen molar-refractivity contribution in [1.29, 1.82) is 0 Å². The van der Waals surface area contributed by atoms with E-state index in [1.807, 2.05) is 48.5 Å². The van der Waals surface area contributed by atoms with Crippen LogP contribution in [0.4, 0.5) is 0 Å². The van der Waals surface area contributed by atoms with Gasteiger partial charge < -0.3 is 23.5 Å². The molecule has 0 atom stereocenters. The van der Waals surface area contributed by atoms with Gasteiger partial charge in [-0.15, -0.1) is 0 Å². The van der Waals surface area contributed by atoms with Crippen LogP contribution in [0, 0.1) is 11.8 Å². The Kier molecular flexibility index (Phi) is 8.35. The van der Waals surface area contributed by atoms with Gasteiger partial charge in [-0.1, -0.05) is 36.4 Å². The van der Waals surface area contributed by atoms with Crippen molar-refractivity contribution in [2.45, 2.75) is 38.7 Å². The van der Waals surface area contributed by atoms with E-state index in [9.17, 15) is 4.79 Å². The van der Waals surface area contributed by atoms with Crippen molar-refractivity contribution in [2.24, 2.45) is 11.8 Å². The lowest BCUT2D eigenvalue weighted by atomic mass is 9.94. The van der Waals surface area contributed by atoms with Crippen LogP contribution in [-0.2, 0) is 20.9 Å². The van der Waals surface area contributed by atoms with Crippen LogP contribution in [0.25, 0.3) is 11.0 Å². The van der Waals surface area contributed by atoms with Gasteiger partial charge in [0, 0.05) is 26.3 Å². The maximum Gasteiger partial charge on any atom is 0.310 e. The van der Waals surface area contributed by atoms with Gasteiger partial charge in [-0.3, -0.25) is 9.69 Å². The van der Waals surface area contributed by atoms with Crippen LogP contribution in [0.15, 0.2) is 53.1 Å². The summed E-state index contributed by atoms with van der Waals surface area (Å²) in [4.78, 5) is 14.5. The Hall–Kier alpha value is -3.10. The number of aromatic nitrogens is 1. The molecule has 2 aliphatic heterocycles. The lowest BCUT2D eigenvalue weighted by Crippen LogP contribution is -2.37. The van der Waals surface area contributed by atoms with E-state index in [1.165, 1.54) is 0 Å². The highest BCUT2D eigenvalue weighted by Crippen LogP contribution is 2.34. The second-order valence-corrected chi connectivity index (χ2v) is 9.57. The molecule has 8 nitrogen and oxygen atoms in total. The maximum atomic E-state index is 12.2. The van der Waals surface area contributed by atoms with Crippen molar-refractivity contribution in [3.63, 3.8) is 0 Å². The number of rotatable bonds is 10. The maximum absolute atomic E-state index is 12.2. The van der Waals surface area contributed by atoms with Gasteiger partial charge in [-0.05, 0) is 60.9 Å². The number of hydrogen-bond donors (Lipinski definition) is 0. The molecule has 1 aromatic heterocycles. The first-order valence-electron chi connectivity index (χ1n) is 12.9. The van der Waals surface area contributed by atoms with E-state index < -0.39 is 0 Å². The molecule has 0 spiro atoms. The summed E-state index contributed by atoms with van der Waals surface area (Å²) in [6.07, 6.45) is 4.59. The second kappa shape index (κ2) is 12.2. The highest BCUT2D eigenvalue weighted by molar-refractivity contribution is 5.88. The van der Waals surface area contributed by atoms with E-state index >= 15 is 0 Å². The number of hydrogen-bond acceptors (Lipinski definition) is 8. The lowest BCUT2D eigenvalue weighted by molar-refractivity contribution is -0.157. The van der Waals surface area contributed by atoms with E-state index in [4.69, 9.17) is 23.5 Å². The van der Waals surface area contributed by atoms with E-state index in [2.05, 4.69) is 10.1 Å². The van der Waals surface area contributed by atoms with Crippen LogP contribution < -0.4 is 9.47 Å². The number of esters is 1. The fourth-order valence-electron chi connectivity index (χ4n) is 4.82. The minimum absolute atomic E-state index is 0.00898. The first-order valence-corrected chi connectivity index (χ1v) is 12.9. The summed E-state index contributed by atoms with van der Waals surface area (Å²) in [5.41, 5.74) is 1.75. The Balaban J connectivity index is 1.06. The van der Waals surface area contributed by atoms with Crippen molar-refractivity contribution in [2.75, 3.05) is 39.6 Å². The molecule has 3 heterocycles. The van der Waals surface area contributed by atoms with Crippen molar-refractivity contribution in [3.8, 4) is 11.6 Å². The Bertz CT molecular complexity index is 1100. The molecule has 0 bridgehead atoms. The van der Waals surface area contributed by atoms with Gasteiger partial charge in [0.2, 0.25) is 0 Å². The number of carbonyl (C=O) groups is 1. The van der Waals surface area contributed by atoms with Crippen LogP contribution in [0.1, 0.15) is 37.7 Å². The van der Waals surface area contributed by atoms with E-state index in [1.54, 1.807) is 0 Å². The Morgan fingerprint density at radius 1 is 0.972 bits per heavy atom. The van der Waals surface area contributed by atoms with Crippen LogP contribution in [0.5, 0.6) is 11.6 Å². The highest BCUT2D eigenvalue weighted by atomic mass is 16.5. The fraction of sp³-hybridized carbons (Fsp3) is 0.500. The summed E-state index contributed by atoms with van der Waals surface area (Å²) in [6.45, 7) is 4.58. The van der Waals surface area contributed by atoms with Crippen LogP contribution in [0.2, 0.25) is 0 Å². The number of fused-ring (bicyclic) bond motifs is 1. The molecule has 0 radical (unpaired) electrons. The monoisotopic (exact) mass is 494 g/mol. The Morgan fingerprint density at radius 2 is 1.78 bits per heavy atom. The third kappa shape index (κ3) is 6.36. The number of ether oxygens (including phenoxy) is 4. The van der Waals surface area contributed by atoms with E-state index in [0.717, 1.165) is 56.1 Å². The number of nitrogens with zero attached hydrogens (tertiary/aromatic N) is 2. The molecule has 36 heavy (non-hydrogen) atoms. The van der Waals surface area contributed by atoms with Gasteiger partial charge >= 0.3 is 5.97 Å². The molecule has 2 aliphatic rings. The SMILES string of the molecule is O=C(OCN1CCC(CCOc2noc3cccc(OCc4ccccc4)c23)CC1)C1CCOCC1. The summed E-state index contributed by atoms with van der Waals surface area (Å²) >= 11 is 0. The zero-order valence-corrected chi connectivity index (χ0v) is 20.6. The zero-order chi connectivity index (χ0) is 24.6. The third-order valence-corrected chi connectivity index (χ3v) is 7.08. The third-order valence-electron chi connectivity index (χ3n) is 7.08. The molecule has 0 unspecified atom stereocenters. The molecule has 2 fully saturated rings. The van der Waals surface area contributed by atoms with Crippen LogP contribution >= 0.6 is 0 Å². The largest absolute Gasteiger partial charge is 0.488 e. The molecule has 2 saturated heterocycles. The van der Waals surface area contributed by atoms with Gasteiger partial charge in [0.15, 0.2) is 5.58 Å². The first kappa shape index (κ1) is 24.6. The van der Waals surface area contributed by atoms with Crippen LogP contribution in [0.3, 0.4) is 0 Å². The number of carbonyl (C=O) groups excluding carboxylic acids is 1. The van der Waals surface area contributed by atoms with Crippen LogP contribution in [-0.4, -0.2) is 55.7 Å². The molecule has 3 aromatic rings. The molecule has 192 valence electrons. The molecule has 0 saturated carbocycles. The molecule has 0 aliphatic carbocycles. The topological polar surface area (TPSA) is 83.3 Å². The fourth-order valence-corrected chi connectivity index (χ4v) is 4.82. The quantitative estimate of drug-likeness (QED) is 0.371. The standard InChI is InChI=1S/C28H34N2O6/c31-28(23-12-16-32-17-13-23)35-20-30-14-9-21(10-15-30)11-18-33-27-26-24(7-4-8-25(26)36-29-27)34-19-22-5-2-1-3-6-22/h1-8,21,23H,9-20H2. The normalized spacial score (nSPS) is 17.8. The van der Waals surface area contributed by atoms with Crippen molar-refractivity contribution >= 4 is 16.9 Å². The molecule has 0 amide bonds. The summed E-state index contributed by atoms with van der Waals surface area (Å²) in [5.74, 6) is 1.66. The smallest absolute Gasteiger partial charge is 0.310 e. The van der Waals surface area contributed by atoms with Gasteiger partial charge in [-0.2, -0.15) is 0 Å². The summed E-state index contributed by atoms with van der Waals surface area (Å²) < 4.78 is 28.5. The van der Waals surface area contributed by atoms with Gasteiger partial charge in [-0.25, -0.2) is 0 Å². The highest BCUT2D eigenvalue weighted by Gasteiger charge is 2.25. The molecule has 0 N–H and O–H groups in total. The molecule has 5 rings (SSSR count).